The molecule has 144 valence electrons. The van der Waals surface area contributed by atoms with Crippen LogP contribution in [0.4, 0.5) is 0 Å². The van der Waals surface area contributed by atoms with Crippen LogP contribution < -0.4 is 4.74 Å². The molecule has 2 aromatic carbocycles. The van der Waals surface area contributed by atoms with Gasteiger partial charge in [-0.1, -0.05) is 60.7 Å². The average Bonchev–Trinajstić information content (AvgIpc) is 2.73. The Labute approximate surface area is 165 Å². The molecule has 0 saturated carbocycles. The number of aryl methyl sites for hydroxylation is 2. The highest BCUT2D eigenvalue weighted by molar-refractivity contribution is 5.76. The molecule has 0 radical (unpaired) electrons. The first kappa shape index (κ1) is 18.1. The van der Waals surface area contributed by atoms with Crippen LogP contribution in [0.1, 0.15) is 23.9 Å². The quantitative estimate of drug-likeness (QED) is 0.676. The number of hydrogen-bond donors (Lipinski definition) is 1. The second-order valence-electron chi connectivity index (χ2n) is 6.31. The van der Waals surface area contributed by atoms with Crippen LogP contribution in [-0.4, -0.2) is 34.3 Å². The highest BCUT2D eigenvalue weighted by atomic mass is 16.6. The van der Waals surface area contributed by atoms with Gasteiger partial charge in [-0.3, -0.25) is 0 Å². The van der Waals surface area contributed by atoms with E-state index in [9.17, 15) is 9.90 Å². The number of nitrogens with zero attached hydrogens (tertiary/aromatic N) is 2. The van der Waals surface area contributed by atoms with Crippen molar-refractivity contribution < 1.29 is 20.7 Å². The van der Waals surface area contributed by atoms with E-state index >= 15 is 0 Å². The van der Waals surface area contributed by atoms with E-state index in [1.165, 1.54) is 7.11 Å². The molecule has 1 heterocycles. The van der Waals surface area contributed by atoms with Crippen LogP contribution in [0, 0.1) is 13.8 Å². The van der Waals surface area contributed by atoms with E-state index in [4.69, 9.17) is 10.8 Å². The third kappa shape index (κ3) is 3.73. The molecular weight excluding hydrogens is 356 g/mol. The van der Waals surface area contributed by atoms with Crippen molar-refractivity contribution in [1.82, 2.24) is 9.97 Å². The minimum absolute atomic E-state index is 0.114. The van der Waals surface area contributed by atoms with E-state index in [0.717, 1.165) is 0 Å². The topological polar surface area (TPSA) is 81.5 Å². The van der Waals surface area contributed by atoms with Crippen LogP contribution in [0.15, 0.2) is 66.7 Å². The minimum atomic E-state index is -1.48. The van der Waals surface area contributed by atoms with Gasteiger partial charge in [0, 0.05) is 18.5 Å². The Kier molecular flexibility index (Phi) is 5.30. The minimum Gasteiger partial charge on any atom is -0.478 e. The summed E-state index contributed by atoms with van der Waals surface area (Å²) < 4.78 is 19.6. The summed E-state index contributed by atoms with van der Waals surface area (Å²) in [4.78, 5) is 20.7. The molecule has 0 fully saturated rings. The lowest BCUT2D eigenvalue weighted by atomic mass is 9.81. The molecule has 1 aromatic heterocycles. The smallest absolute Gasteiger partial charge is 0.348 e. The maximum atomic E-state index is 12.4. The van der Waals surface area contributed by atoms with Gasteiger partial charge in [0.1, 0.15) is 0 Å². The number of aliphatic carboxylic acids is 1. The van der Waals surface area contributed by atoms with Crippen LogP contribution in [0.25, 0.3) is 0 Å². The molecule has 0 aliphatic heterocycles. The molecular formula is C22H22N2O4. The first-order chi connectivity index (χ1) is 13.9. The first-order valence-corrected chi connectivity index (χ1v) is 8.77. The normalized spacial score (nSPS) is 12.9. The fourth-order valence-electron chi connectivity index (χ4n) is 3.28. The van der Waals surface area contributed by atoms with E-state index in [2.05, 4.69) is 9.97 Å². The largest absolute Gasteiger partial charge is 0.478 e. The highest BCUT2D eigenvalue weighted by Gasteiger charge is 2.49. The van der Waals surface area contributed by atoms with Gasteiger partial charge in [0.25, 0.3) is 0 Å². The third-order valence-electron chi connectivity index (χ3n) is 4.43. The molecule has 0 amide bonds. The molecule has 0 bridgehead atoms. The Morgan fingerprint density at radius 3 is 1.86 bits per heavy atom. The zero-order valence-corrected chi connectivity index (χ0v) is 15.9. The molecule has 6 heteroatoms. The Balaban J connectivity index is 2.19. The summed E-state index contributed by atoms with van der Waals surface area (Å²) in [5, 5.41) is 10.1. The van der Waals surface area contributed by atoms with Crippen LogP contribution in [0.3, 0.4) is 0 Å². The predicted molar refractivity (Wildman–Crippen MR) is 104 cm³/mol. The zero-order chi connectivity index (χ0) is 21.0. The van der Waals surface area contributed by atoms with Gasteiger partial charge in [-0.25, -0.2) is 14.8 Å². The van der Waals surface area contributed by atoms with Crippen molar-refractivity contribution in [3.05, 3.63) is 89.2 Å². The summed E-state index contributed by atoms with van der Waals surface area (Å²) in [6, 6.07) is 18.2. The lowest BCUT2D eigenvalue weighted by Crippen LogP contribution is -2.50. The maximum absolute atomic E-state index is 12.4. The fourth-order valence-corrected chi connectivity index (χ4v) is 3.28. The Morgan fingerprint density at radius 1 is 1.00 bits per heavy atom. The van der Waals surface area contributed by atoms with Gasteiger partial charge in [-0.05, 0) is 31.0 Å². The van der Waals surface area contributed by atoms with E-state index in [1.807, 2.05) is 36.4 Å². The Morgan fingerprint density at radius 2 is 1.46 bits per heavy atom. The SMILES string of the molecule is [2H]c1c(C)nc(O[C@H](C(=O)O)C(OC)(c2ccccc2)c2ccccc2)nc1C. The number of aromatic nitrogens is 2. The summed E-state index contributed by atoms with van der Waals surface area (Å²) in [6.45, 7) is 3.30. The molecule has 28 heavy (non-hydrogen) atoms. The maximum Gasteiger partial charge on any atom is 0.348 e. The van der Waals surface area contributed by atoms with Crippen LogP contribution in [0.2, 0.25) is 0 Å². The standard InChI is InChI=1S/C22H22N2O4/c1-15-14-16(2)24-21(23-15)28-19(20(25)26)22(27-3,17-10-6-4-7-11-17)18-12-8-5-9-13-18/h4-14,19H,1-3H3,(H,25,26)/t19-/m1/s1/i14D. The number of ether oxygens (including phenoxy) is 2. The monoisotopic (exact) mass is 379 g/mol. The van der Waals surface area contributed by atoms with E-state index in [-0.39, 0.29) is 12.1 Å². The van der Waals surface area contributed by atoms with Crippen LogP contribution in [-0.2, 0) is 15.1 Å². The van der Waals surface area contributed by atoms with Gasteiger partial charge in [0.2, 0.25) is 6.10 Å². The van der Waals surface area contributed by atoms with Crippen molar-refractivity contribution in [2.45, 2.75) is 25.6 Å². The molecule has 0 spiro atoms. The van der Waals surface area contributed by atoms with Crippen molar-refractivity contribution in [3.63, 3.8) is 0 Å². The molecule has 1 N–H and O–H groups in total. The van der Waals surface area contributed by atoms with Crippen molar-refractivity contribution in [2.75, 3.05) is 7.11 Å². The average molecular weight is 379 g/mol. The Hall–Kier alpha value is -3.25. The van der Waals surface area contributed by atoms with Gasteiger partial charge < -0.3 is 14.6 Å². The van der Waals surface area contributed by atoms with E-state index in [1.54, 1.807) is 38.1 Å². The van der Waals surface area contributed by atoms with Crippen molar-refractivity contribution in [3.8, 4) is 6.01 Å². The zero-order valence-electron chi connectivity index (χ0n) is 16.9. The van der Waals surface area contributed by atoms with Gasteiger partial charge >= 0.3 is 12.0 Å². The number of rotatable bonds is 7. The number of carbonyl (C=O) groups is 1. The molecule has 0 aliphatic rings. The molecule has 3 rings (SSSR count). The van der Waals surface area contributed by atoms with E-state index in [0.29, 0.717) is 22.5 Å². The number of methoxy groups -OCH3 is 1. The molecule has 1 atom stereocenters. The molecule has 0 saturated heterocycles. The second-order valence-corrected chi connectivity index (χ2v) is 6.31. The lowest BCUT2D eigenvalue weighted by molar-refractivity contribution is -0.160. The molecule has 0 aliphatic carbocycles. The summed E-state index contributed by atoms with van der Waals surface area (Å²) >= 11 is 0. The number of hydrogen-bond acceptors (Lipinski definition) is 5. The van der Waals surface area contributed by atoms with Crippen LogP contribution >= 0.6 is 0 Å². The van der Waals surface area contributed by atoms with Crippen molar-refractivity contribution >= 4 is 5.97 Å². The second kappa shape index (κ2) is 8.19. The van der Waals surface area contributed by atoms with Gasteiger partial charge in [0.05, 0.1) is 1.37 Å². The summed E-state index contributed by atoms with van der Waals surface area (Å²) in [7, 11) is 1.45. The predicted octanol–water partition coefficient (Wildman–Crippen LogP) is 3.52. The Bertz CT molecular complexity index is 934. The van der Waals surface area contributed by atoms with Crippen molar-refractivity contribution in [2.24, 2.45) is 0 Å². The summed E-state index contributed by atoms with van der Waals surface area (Å²) in [6.07, 6.45) is -1.48. The molecule has 0 unspecified atom stereocenters. The lowest BCUT2D eigenvalue weighted by Gasteiger charge is -2.37. The van der Waals surface area contributed by atoms with Gasteiger partial charge in [-0.15, -0.1) is 0 Å². The highest BCUT2D eigenvalue weighted by Crippen LogP contribution is 2.38. The fraction of sp³-hybridized carbons (Fsp3) is 0.227. The summed E-state index contributed by atoms with van der Waals surface area (Å²) in [5.41, 5.74) is 0.593. The summed E-state index contributed by atoms with van der Waals surface area (Å²) in [5.74, 6) is -1.23. The van der Waals surface area contributed by atoms with Crippen molar-refractivity contribution in [1.29, 1.82) is 0 Å². The number of benzene rings is 2. The molecule has 6 nitrogen and oxygen atoms in total. The third-order valence-corrected chi connectivity index (χ3v) is 4.43. The number of carboxylic acids is 1. The van der Waals surface area contributed by atoms with Gasteiger partial charge in [0.15, 0.2) is 5.60 Å². The van der Waals surface area contributed by atoms with E-state index < -0.39 is 17.7 Å². The number of carboxylic acid groups (broad SMARTS) is 1. The van der Waals surface area contributed by atoms with Crippen LogP contribution in [0.5, 0.6) is 6.01 Å². The molecule has 3 aromatic rings. The first-order valence-electron chi connectivity index (χ1n) is 9.27. The van der Waals surface area contributed by atoms with Gasteiger partial charge in [-0.2, -0.15) is 0 Å².